The van der Waals surface area contributed by atoms with Crippen LogP contribution in [0.25, 0.3) is 0 Å². The molecule has 0 spiro atoms. The maximum Gasteiger partial charge on any atom is 0.312 e. The number of benzene rings is 1. The van der Waals surface area contributed by atoms with Gasteiger partial charge in [-0.3, -0.25) is 9.78 Å². The molecule has 0 bridgehead atoms. The van der Waals surface area contributed by atoms with Crippen molar-refractivity contribution >= 4 is 17.6 Å². The molecule has 1 heterocycles. The molecule has 0 saturated heterocycles. The number of pyridine rings is 1. The van der Waals surface area contributed by atoms with E-state index in [-0.39, 0.29) is 0 Å². The Hall–Kier alpha value is -2.07. The van der Waals surface area contributed by atoms with E-state index in [4.69, 9.17) is 16.3 Å². The van der Waals surface area contributed by atoms with Crippen LogP contribution in [0.1, 0.15) is 17.2 Å². The molecule has 20 heavy (non-hydrogen) atoms. The van der Waals surface area contributed by atoms with Gasteiger partial charge in [0.25, 0.3) is 0 Å². The zero-order valence-corrected chi connectivity index (χ0v) is 11.7. The molecule has 0 radical (unpaired) electrons. The first-order valence-electron chi connectivity index (χ1n) is 6.07. The molecule has 0 aliphatic heterocycles. The second kappa shape index (κ2) is 6.39. The van der Waals surface area contributed by atoms with Crippen LogP contribution in [0.5, 0.6) is 5.75 Å². The summed E-state index contributed by atoms with van der Waals surface area (Å²) in [5.74, 6) is -1.03. The molecule has 0 aliphatic carbocycles. The number of aliphatic carboxylic acids is 1. The lowest BCUT2D eigenvalue weighted by molar-refractivity contribution is -0.138. The maximum atomic E-state index is 11.4. The Morgan fingerprint density at radius 2 is 2.20 bits per heavy atom. The van der Waals surface area contributed by atoms with Crippen LogP contribution in [0.4, 0.5) is 0 Å². The number of carboxylic acids is 1. The summed E-state index contributed by atoms with van der Waals surface area (Å²) in [5.41, 5.74) is 1.36. The fraction of sp³-hybridized carbons (Fsp3) is 0.200. The Morgan fingerprint density at radius 3 is 2.75 bits per heavy atom. The summed E-state index contributed by atoms with van der Waals surface area (Å²) in [5, 5.41) is 9.97. The first kappa shape index (κ1) is 14.3. The van der Waals surface area contributed by atoms with Gasteiger partial charge in [0.05, 0.1) is 19.0 Å². The zero-order chi connectivity index (χ0) is 14.5. The van der Waals surface area contributed by atoms with E-state index in [1.807, 2.05) is 6.07 Å². The Bertz CT molecular complexity index is 598. The summed E-state index contributed by atoms with van der Waals surface area (Å²) < 4.78 is 5.02. The van der Waals surface area contributed by atoms with Crippen molar-refractivity contribution in [2.45, 2.75) is 12.3 Å². The van der Waals surface area contributed by atoms with Gasteiger partial charge in [-0.25, -0.2) is 0 Å². The quantitative estimate of drug-likeness (QED) is 0.919. The van der Waals surface area contributed by atoms with Crippen molar-refractivity contribution in [2.75, 3.05) is 7.11 Å². The van der Waals surface area contributed by atoms with E-state index in [1.54, 1.807) is 30.3 Å². The van der Waals surface area contributed by atoms with Gasteiger partial charge in [-0.1, -0.05) is 23.7 Å². The number of carboxylic acid groups (broad SMARTS) is 1. The Kier molecular flexibility index (Phi) is 4.58. The van der Waals surface area contributed by atoms with Crippen LogP contribution >= 0.6 is 11.6 Å². The highest BCUT2D eigenvalue weighted by Gasteiger charge is 2.21. The Labute approximate surface area is 122 Å². The lowest BCUT2D eigenvalue weighted by atomic mass is 9.96. The number of methoxy groups -OCH3 is 1. The number of carbonyl (C=O) groups is 1. The monoisotopic (exact) mass is 291 g/mol. The molecule has 2 aromatic rings. The third-order valence-electron chi connectivity index (χ3n) is 2.98. The predicted molar refractivity (Wildman–Crippen MR) is 76.3 cm³/mol. The second-order valence-electron chi connectivity index (χ2n) is 4.35. The fourth-order valence-electron chi connectivity index (χ4n) is 1.94. The van der Waals surface area contributed by atoms with Gasteiger partial charge in [-0.15, -0.1) is 0 Å². The highest BCUT2D eigenvalue weighted by molar-refractivity contribution is 6.30. The fourth-order valence-corrected chi connectivity index (χ4v) is 2.15. The number of ether oxygens (including phenoxy) is 1. The van der Waals surface area contributed by atoms with Gasteiger partial charge in [-0.05, 0) is 36.2 Å². The topological polar surface area (TPSA) is 59.4 Å². The number of nitrogens with zero attached hydrogens (tertiary/aromatic N) is 1. The standard InChI is InChI=1S/C15H14ClNO3/c1-20-12-5-6-14(17-9-12)13(15(18)19)8-10-3-2-4-11(16)7-10/h2-7,9,13H,8H2,1H3,(H,18,19). The predicted octanol–water partition coefficient (Wildman–Crippen LogP) is 3.15. The van der Waals surface area contributed by atoms with Crippen LogP contribution in [0.15, 0.2) is 42.6 Å². The minimum absolute atomic E-state index is 0.342. The molecular weight excluding hydrogens is 278 g/mol. The maximum absolute atomic E-state index is 11.4. The molecule has 1 atom stereocenters. The SMILES string of the molecule is COc1ccc(C(Cc2cccc(Cl)c2)C(=O)O)nc1. The summed E-state index contributed by atoms with van der Waals surface area (Å²) in [6.07, 6.45) is 1.86. The summed E-state index contributed by atoms with van der Waals surface area (Å²) in [6, 6.07) is 10.6. The van der Waals surface area contributed by atoms with Crippen LogP contribution < -0.4 is 4.74 Å². The Balaban J connectivity index is 2.24. The molecule has 1 aromatic carbocycles. The molecule has 0 saturated carbocycles. The van der Waals surface area contributed by atoms with Gasteiger partial charge in [-0.2, -0.15) is 0 Å². The minimum atomic E-state index is -0.914. The second-order valence-corrected chi connectivity index (χ2v) is 4.78. The third kappa shape index (κ3) is 3.48. The van der Waals surface area contributed by atoms with E-state index in [0.717, 1.165) is 5.56 Å². The third-order valence-corrected chi connectivity index (χ3v) is 3.21. The van der Waals surface area contributed by atoms with Crippen molar-refractivity contribution in [3.8, 4) is 5.75 Å². The van der Waals surface area contributed by atoms with Crippen LogP contribution in [0, 0.1) is 0 Å². The molecule has 2 rings (SSSR count). The molecule has 1 N–H and O–H groups in total. The molecule has 104 valence electrons. The van der Waals surface area contributed by atoms with Crippen molar-refractivity contribution in [3.63, 3.8) is 0 Å². The summed E-state index contributed by atoms with van der Waals surface area (Å²) >= 11 is 5.91. The van der Waals surface area contributed by atoms with Gasteiger partial charge >= 0.3 is 5.97 Å². The number of rotatable bonds is 5. The molecule has 1 aromatic heterocycles. The minimum Gasteiger partial charge on any atom is -0.495 e. The van der Waals surface area contributed by atoms with E-state index in [0.29, 0.717) is 22.9 Å². The van der Waals surface area contributed by atoms with Crippen molar-refractivity contribution in [1.29, 1.82) is 0 Å². The molecule has 0 fully saturated rings. The summed E-state index contributed by atoms with van der Waals surface area (Å²) in [6.45, 7) is 0. The number of hydrogen-bond donors (Lipinski definition) is 1. The van der Waals surface area contributed by atoms with Gasteiger partial charge in [0.1, 0.15) is 11.7 Å². The first-order chi connectivity index (χ1) is 9.60. The van der Waals surface area contributed by atoms with Crippen LogP contribution in [0.3, 0.4) is 0 Å². The zero-order valence-electron chi connectivity index (χ0n) is 10.9. The van der Waals surface area contributed by atoms with Crippen LogP contribution in [-0.2, 0) is 11.2 Å². The smallest absolute Gasteiger partial charge is 0.312 e. The number of halogens is 1. The first-order valence-corrected chi connectivity index (χ1v) is 6.45. The molecule has 1 unspecified atom stereocenters. The van der Waals surface area contributed by atoms with Crippen LogP contribution in [0.2, 0.25) is 5.02 Å². The van der Waals surface area contributed by atoms with E-state index < -0.39 is 11.9 Å². The average molecular weight is 292 g/mol. The molecule has 5 heteroatoms. The van der Waals surface area contributed by atoms with Crippen molar-refractivity contribution in [2.24, 2.45) is 0 Å². The van der Waals surface area contributed by atoms with E-state index >= 15 is 0 Å². The lowest BCUT2D eigenvalue weighted by Gasteiger charge is -2.12. The molecule has 0 aliphatic rings. The lowest BCUT2D eigenvalue weighted by Crippen LogP contribution is -2.15. The van der Waals surface area contributed by atoms with Gasteiger partial charge in [0.2, 0.25) is 0 Å². The molecule has 0 amide bonds. The summed E-state index contributed by atoms with van der Waals surface area (Å²) in [4.78, 5) is 15.6. The Morgan fingerprint density at radius 1 is 1.40 bits per heavy atom. The average Bonchev–Trinajstić information content (AvgIpc) is 2.45. The van der Waals surface area contributed by atoms with E-state index in [2.05, 4.69) is 4.98 Å². The number of aromatic nitrogens is 1. The molecule has 4 nitrogen and oxygen atoms in total. The highest BCUT2D eigenvalue weighted by Crippen LogP contribution is 2.23. The van der Waals surface area contributed by atoms with Gasteiger partial charge in [0.15, 0.2) is 0 Å². The highest BCUT2D eigenvalue weighted by atomic mass is 35.5. The normalized spacial score (nSPS) is 11.9. The van der Waals surface area contributed by atoms with E-state index in [1.165, 1.54) is 13.3 Å². The van der Waals surface area contributed by atoms with Gasteiger partial charge < -0.3 is 9.84 Å². The van der Waals surface area contributed by atoms with Crippen molar-refractivity contribution < 1.29 is 14.6 Å². The van der Waals surface area contributed by atoms with E-state index in [9.17, 15) is 9.90 Å². The molecular formula is C15H14ClNO3. The summed E-state index contributed by atoms with van der Waals surface area (Å²) in [7, 11) is 1.54. The van der Waals surface area contributed by atoms with Crippen molar-refractivity contribution in [1.82, 2.24) is 4.98 Å². The van der Waals surface area contributed by atoms with Gasteiger partial charge in [0, 0.05) is 5.02 Å². The van der Waals surface area contributed by atoms with Crippen molar-refractivity contribution in [3.05, 3.63) is 58.9 Å². The number of hydrogen-bond acceptors (Lipinski definition) is 3. The largest absolute Gasteiger partial charge is 0.495 e. The van der Waals surface area contributed by atoms with Crippen LogP contribution in [-0.4, -0.2) is 23.2 Å².